The zero-order valence-corrected chi connectivity index (χ0v) is 8.19. The van der Waals surface area contributed by atoms with Gasteiger partial charge in [-0.1, -0.05) is 38.3 Å². The van der Waals surface area contributed by atoms with Gasteiger partial charge in [0.25, 0.3) is 0 Å². The van der Waals surface area contributed by atoms with Crippen LogP contribution in [-0.4, -0.2) is 0 Å². The summed E-state index contributed by atoms with van der Waals surface area (Å²) in [5.41, 5.74) is 1.42. The van der Waals surface area contributed by atoms with E-state index in [0.717, 1.165) is 12.3 Å². The summed E-state index contributed by atoms with van der Waals surface area (Å²) in [6.07, 6.45) is 7.08. The lowest BCUT2D eigenvalue weighted by atomic mass is 10.00. The van der Waals surface area contributed by atoms with Crippen molar-refractivity contribution in [2.24, 2.45) is 5.92 Å². The van der Waals surface area contributed by atoms with Crippen LogP contribution in [0.1, 0.15) is 54.7 Å². The molecule has 66 valence electrons. The summed E-state index contributed by atoms with van der Waals surface area (Å²) in [5.74, 6) is 0.797. The fourth-order valence-electron chi connectivity index (χ4n) is 1.15. The van der Waals surface area contributed by atoms with Crippen LogP contribution in [0.5, 0.6) is 0 Å². The number of hydrogen-bond donors (Lipinski definition) is 0. The fourth-order valence-corrected chi connectivity index (χ4v) is 1.15. The molecule has 0 nitrogen and oxygen atoms in total. The highest BCUT2D eigenvalue weighted by atomic mass is 14.0. The van der Waals surface area contributed by atoms with E-state index >= 15 is 0 Å². The largest absolute Gasteiger partial charge is 0.0859 e. The Bertz CT molecular complexity index is 123. The first-order valence-corrected chi connectivity index (χ1v) is 4.59. The van der Waals surface area contributed by atoms with Crippen LogP contribution < -0.4 is 0 Å². The molecule has 0 fully saturated rings. The fraction of sp³-hybridized carbons (Fsp3) is 0.818. The van der Waals surface area contributed by atoms with E-state index < -0.39 is 0 Å². The lowest BCUT2D eigenvalue weighted by Gasteiger charge is -2.06. The van der Waals surface area contributed by atoms with Gasteiger partial charge < -0.3 is 0 Å². The summed E-state index contributed by atoms with van der Waals surface area (Å²) < 4.78 is 7.03. The van der Waals surface area contributed by atoms with Crippen molar-refractivity contribution in [2.45, 2.75) is 53.4 Å². The third-order valence-electron chi connectivity index (χ3n) is 1.91. The third kappa shape index (κ3) is 7.64. The Morgan fingerprint density at radius 2 is 2.18 bits per heavy atom. The van der Waals surface area contributed by atoms with Crippen LogP contribution in [0.4, 0.5) is 0 Å². The van der Waals surface area contributed by atoms with E-state index in [0.29, 0.717) is 6.90 Å². The molecule has 11 heavy (non-hydrogen) atoms. The highest BCUT2D eigenvalue weighted by Crippen LogP contribution is 2.12. The molecule has 0 amide bonds. The van der Waals surface area contributed by atoms with E-state index in [1.807, 2.05) is 0 Å². The minimum atomic E-state index is 0.590. The van der Waals surface area contributed by atoms with Gasteiger partial charge in [0.05, 0.1) is 0 Å². The average Bonchev–Trinajstić information content (AvgIpc) is 2.00. The molecule has 0 unspecified atom stereocenters. The molecule has 0 aliphatic rings. The Morgan fingerprint density at radius 1 is 1.45 bits per heavy atom. The molecule has 0 radical (unpaired) electrons. The van der Waals surface area contributed by atoms with Gasteiger partial charge in [-0.2, -0.15) is 0 Å². The lowest BCUT2D eigenvalue weighted by molar-refractivity contribution is 0.490. The summed E-state index contributed by atoms with van der Waals surface area (Å²) in [7, 11) is 0. The normalized spacial score (nSPS) is 13.9. The monoisotopic (exact) mass is 155 g/mol. The summed E-state index contributed by atoms with van der Waals surface area (Å²) in [6.45, 7) is 7.17. The summed E-state index contributed by atoms with van der Waals surface area (Å²) in [5, 5.41) is 0. The van der Waals surface area contributed by atoms with Crippen molar-refractivity contribution in [3.05, 3.63) is 11.6 Å². The van der Waals surface area contributed by atoms with Crippen molar-refractivity contribution in [3.8, 4) is 0 Å². The minimum absolute atomic E-state index is 0.590. The van der Waals surface area contributed by atoms with Crippen molar-refractivity contribution < 1.29 is 1.37 Å². The second kappa shape index (κ2) is 6.45. The van der Waals surface area contributed by atoms with Crippen LogP contribution in [0.3, 0.4) is 0 Å². The lowest BCUT2D eigenvalue weighted by Crippen LogP contribution is -1.92. The van der Waals surface area contributed by atoms with Gasteiger partial charge in [-0.25, -0.2) is 0 Å². The van der Waals surface area contributed by atoms with Crippen LogP contribution in [0.15, 0.2) is 11.6 Å². The molecule has 1 atom stereocenters. The predicted molar refractivity (Wildman–Crippen MR) is 52.7 cm³/mol. The molecule has 0 aliphatic carbocycles. The van der Waals surface area contributed by atoms with Gasteiger partial charge in [0, 0.05) is 1.37 Å². The Morgan fingerprint density at radius 3 is 2.73 bits per heavy atom. The zero-order chi connectivity index (χ0) is 9.40. The quantitative estimate of drug-likeness (QED) is 0.523. The maximum Gasteiger partial charge on any atom is 0.0230 e. The van der Waals surface area contributed by atoms with Gasteiger partial charge in [0.15, 0.2) is 0 Å². The molecule has 0 saturated heterocycles. The highest BCUT2D eigenvalue weighted by Gasteiger charge is 1.97. The van der Waals surface area contributed by atoms with Gasteiger partial charge >= 0.3 is 0 Å². The zero-order valence-electron chi connectivity index (χ0n) is 9.19. The SMILES string of the molecule is [2H]CCC[C@@H](C)CCC=C(C)C. The van der Waals surface area contributed by atoms with E-state index in [4.69, 9.17) is 1.37 Å². The second-order valence-corrected chi connectivity index (χ2v) is 3.61. The average molecular weight is 155 g/mol. The maximum atomic E-state index is 7.03. The summed E-state index contributed by atoms with van der Waals surface area (Å²) >= 11 is 0. The molecule has 0 rings (SSSR count). The summed E-state index contributed by atoms with van der Waals surface area (Å²) in [6, 6.07) is 0. The molecular weight excluding hydrogens is 132 g/mol. The van der Waals surface area contributed by atoms with E-state index in [2.05, 4.69) is 26.8 Å². The van der Waals surface area contributed by atoms with Crippen molar-refractivity contribution in [1.29, 1.82) is 0 Å². The van der Waals surface area contributed by atoms with E-state index in [1.165, 1.54) is 24.8 Å². The van der Waals surface area contributed by atoms with Crippen LogP contribution in [0.2, 0.25) is 0 Å². The van der Waals surface area contributed by atoms with Gasteiger partial charge in [-0.3, -0.25) is 0 Å². The molecule has 0 heteroatoms. The van der Waals surface area contributed by atoms with Crippen molar-refractivity contribution in [1.82, 2.24) is 0 Å². The van der Waals surface area contributed by atoms with Crippen molar-refractivity contribution >= 4 is 0 Å². The van der Waals surface area contributed by atoms with Crippen molar-refractivity contribution in [2.75, 3.05) is 0 Å². The Balaban J connectivity index is 3.31. The van der Waals surface area contributed by atoms with Crippen LogP contribution >= 0.6 is 0 Å². The van der Waals surface area contributed by atoms with Crippen LogP contribution in [-0.2, 0) is 0 Å². The second-order valence-electron chi connectivity index (χ2n) is 3.61. The Hall–Kier alpha value is -0.260. The van der Waals surface area contributed by atoms with Gasteiger partial charge in [-0.15, -0.1) is 0 Å². The van der Waals surface area contributed by atoms with Crippen molar-refractivity contribution in [3.63, 3.8) is 0 Å². The van der Waals surface area contributed by atoms with E-state index in [9.17, 15) is 0 Å². The van der Waals surface area contributed by atoms with Crippen LogP contribution in [0, 0.1) is 5.92 Å². The molecule has 0 aliphatic heterocycles. The van der Waals surface area contributed by atoms with E-state index in [-0.39, 0.29) is 0 Å². The number of rotatable bonds is 5. The van der Waals surface area contributed by atoms with Gasteiger partial charge in [0.2, 0.25) is 0 Å². The molecule has 0 bridgehead atoms. The highest BCUT2D eigenvalue weighted by molar-refractivity contribution is 4.92. The first-order chi connectivity index (χ1) is 5.66. The smallest absolute Gasteiger partial charge is 0.0230 e. The van der Waals surface area contributed by atoms with E-state index in [1.54, 1.807) is 0 Å². The summed E-state index contributed by atoms with van der Waals surface area (Å²) in [4.78, 5) is 0. The predicted octanol–water partition coefficient (Wildman–Crippen LogP) is 4.17. The topological polar surface area (TPSA) is 0 Å². The molecule has 0 heterocycles. The maximum absolute atomic E-state index is 7.03. The molecule has 0 saturated carbocycles. The number of allylic oxidation sites excluding steroid dienone is 2. The first kappa shape index (κ1) is 8.83. The Labute approximate surface area is 73.1 Å². The number of hydrogen-bond acceptors (Lipinski definition) is 0. The third-order valence-corrected chi connectivity index (χ3v) is 1.91. The molecule has 0 N–H and O–H groups in total. The standard InChI is InChI=1S/C11H22/c1-5-7-11(4)9-6-8-10(2)3/h8,11H,5-7,9H2,1-4H3/t11-/m1/s1/i1D. The molecular formula is C11H22. The first-order valence-electron chi connectivity index (χ1n) is 5.30. The Kier molecular flexibility index (Phi) is 5.18. The molecule has 0 spiro atoms. The molecule has 0 aromatic carbocycles. The van der Waals surface area contributed by atoms with Crippen LogP contribution in [0.25, 0.3) is 0 Å². The molecule has 0 aromatic rings. The van der Waals surface area contributed by atoms with Gasteiger partial charge in [0.1, 0.15) is 0 Å². The molecule has 0 aromatic heterocycles. The minimum Gasteiger partial charge on any atom is -0.0859 e. The van der Waals surface area contributed by atoms with Gasteiger partial charge in [-0.05, 0) is 32.6 Å².